The normalized spacial score (nSPS) is 9.80. The molecule has 0 aliphatic rings. The zero-order valence-electron chi connectivity index (χ0n) is 5.35. The first-order valence-electron chi connectivity index (χ1n) is 2.99. The van der Waals surface area contributed by atoms with E-state index in [-0.39, 0.29) is 5.82 Å². The topological polar surface area (TPSA) is 0 Å². The van der Waals surface area contributed by atoms with Crippen LogP contribution in [0.25, 0.3) is 0 Å². The smallest absolute Gasteiger partial charge is 0.123 e. The molecular formula is C8H7ClF. The highest BCUT2D eigenvalue weighted by Gasteiger charge is 1.91. The number of hydrogen-bond acceptors (Lipinski definition) is 0. The highest BCUT2D eigenvalue weighted by molar-refractivity contribution is 6.23. The average Bonchev–Trinajstić information content (AvgIpc) is 1.95. The van der Waals surface area contributed by atoms with Gasteiger partial charge in [-0.2, -0.15) is 0 Å². The molecule has 0 spiro atoms. The molecule has 1 aromatic carbocycles. The monoisotopic (exact) mass is 157 g/mol. The molecule has 0 heterocycles. The van der Waals surface area contributed by atoms with Gasteiger partial charge in [0.1, 0.15) is 5.82 Å². The van der Waals surface area contributed by atoms with E-state index >= 15 is 0 Å². The molecule has 2 heteroatoms. The first kappa shape index (κ1) is 7.55. The van der Waals surface area contributed by atoms with Crippen LogP contribution < -0.4 is 0 Å². The Morgan fingerprint density at radius 1 is 1.30 bits per heavy atom. The maximum absolute atomic E-state index is 12.3. The Bertz CT molecular complexity index is 193. The van der Waals surface area contributed by atoms with Crippen LogP contribution in [0.4, 0.5) is 4.39 Å². The number of benzene rings is 1. The summed E-state index contributed by atoms with van der Waals surface area (Å²) < 4.78 is 12.3. The van der Waals surface area contributed by atoms with Crippen LogP contribution in [-0.4, -0.2) is 0 Å². The van der Waals surface area contributed by atoms with E-state index in [4.69, 9.17) is 11.6 Å². The molecule has 0 aliphatic heterocycles. The Balaban J connectivity index is 2.69. The van der Waals surface area contributed by atoms with Crippen LogP contribution in [-0.2, 0) is 6.42 Å². The molecule has 0 aromatic heterocycles. The van der Waals surface area contributed by atoms with Crippen molar-refractivity contribution in [1.29, 1.82) is 0 Å². The molecule has 1 radical (unpaired) electrons. The predicted octanol–water partition coefficient (Wildman–Crippen LogP) is 2.77. The van der Waals surface area contributed by atoms with Gasteiger partial charge in [-0.3, -0.25) is 0 Å². The highest BCUT2D eigenvalue weighted by atomic mass is 35.5. The van der Waals surface area contributed by atoms with Gasteiger partial charge in [0.25, 0.3) is 0 Å². The molecule has 10 heavy (non-hydrogen) atoms. The van der Waals surface area contributed by atoms with Crippen LogP contribution in [0.3, 0.4) is 0 Å². The number of halogens is 2. The molecule has 1 aromatic rings. The van der Waals surface area contributed by atoms with Crippen LogP contribution in [0.5, 0.6) is 0 Å². The number of hydrogen-bond donors (Lipinski definition) is 0. The van der Waals surface area contributed by atoms with Crippen LogP contribution in [0, 0.1) is 11.7 Å². The zero-order chi connectivity index (χ0) is 7.40. The second-order valence-corrected chi connectivity index (χ2v) is 2.29. The molecule has 0 atom stereocenters. The summed E-state index contributed by atoms with van der Waals surface area (Å²) >= 11 is 5.36. The molecule has 0 unspecified atom stereocenters. The lowest BCUT2D eigenvalue weighted by Gasteiger charge is -1.94. The van der Waals surface area contributed by atoms with E-state index in [1.165, 1.54) is 18.0 Å². The van der Waals surface area contributed by atoms with Gasteiger partial charge in [0.15, 0.2) is 0 Å². The van der Waals surface area contributed by atoms with E-state index in [0.29, 0.717) is 6.42 Å². The summed E-state index contributed by atoms with van der Waals surface area (Å²) in [6.07, 6.45) is 0.682. The summed E-state index contributed by atoms with van der Waals surface area (Å²) in [6.45, 7) is 0. The van der Waals surface area contributed by atoms with Gasteiger partial charge in [-0.15, -0.1) is 11.6 Å². The van der Waals surface area contributed by atoms with Gasteiger partial charge in [-0.1, -0.05) is 12.1 Å². The minimum atomic E-state index is -0.210. The van der Waals surface area contributed by atoms with Crippen molar-refractivity contribution in [1.82, 2.24) is 0 Å². The molecule has 0 saturated carbocycles. The van der Waals surface area contributed by atoms with E-state index in [1.54, 1.807) is 12.1 Å². The van der Waals surface area contributed by atoms with Gasteiger partial charge in [0.2, 0.25) is 0 Å². The number of rotatable bonds is 2. The van der Waals surface area contributed by atoms with Crippen LogP contribution >= 0.6 is 11.6 Å². The second kappa shape index (κ2) is 3.57. The quantitative estimate of drug-likeness (QED) is 0.619. The van der Waals surface area contributed by atoms with E-state index in [2.05, 4.69) is 0 Å². The molecule has 0 aliphatic carbocycles. The Morgan fingerprint density at radius 2 is 1.90 bits per heavy atom. The zero-order valence-corrected chi connectivity index (χ0v) is 6.11. The maximum Gasteiger partial charge on any atom is 0.123 e. The third-order valence-corrected chi connectivity index (χ3v) is 1.38. The Hall–Kier alpha value is -0.560. The van der Waals surface area contributed by atoms with Crippen LogP contribution in [0.2, 0.25) is 0 Å². The van der Waals surface area contributed by atoms with Gasteiger partial charge < -0.3 is 0 Å². The molecule has 0 amide bonds. The lowest BCUT2D eigenvalue weighted by molar-refractivity contribution is 0.627. The first-order valence-corrected chi connectivity index (χ1v) is 3.43. The molecule has 0 saturated heterocycles. The Labute approximate surface area is 64.6 Å². The third-order valence-electron chi connectivity index (χ3n) is 1.23. The fourth-order valence-electron chi connectivity index (χ4n) is 0.710. The largest absolute Gasteiger partial charge is 0.207 e. The average molecular weight is 158 g/mol. The summed E-state index contributed by atoms with van der Waals surface area (Å²) in [5.41, 5.74) is 1.02. The van der Waals surface area contributed by atoms with Gasteiger partial charge in [-0.25, -0.2) is 4.39 Å². The lowest BCUT2D eigenvalue weighted by atomic mass is 10.2. The molecule has 1 rings (SSSR count). The Kier molecular flexibility index (Phi) is 2.69. The van der Waals surface area contributed by atoms with Crippen molar-refractivity contribution >= 4 is 11.6 Å². The van der Waals surface area contributed by atoms with Gasteiger partial charge in [0.05, 0.1) is 5.88 Å². The van der Waals surface area contributed by atoms with Gasteiger partial charge >= 0.3 is 0 Å². The summed E-state index contributed by atoms with van der Waals surface area (Å²) in [5, 5.41) is 0. The second-order valence-electron chi connectivity index (χ2n) is 1.98. The minimum absolute atomic E-state index is 0.210. The van der Waals surface area contributed by atoms with Crippen molar-refractivity contribution < 1.29 is 4.39 Å². The molecule has 53 valence electrons. The standard InChI is InChI=1S/C8H7ClF/c9-6-5-7-1-3-8(10)4-2-7/h1-4,6H,5H2. The molecular weight excluding hydrogens is 151 g/mol. The van der Waals surface area contributed by atoms with Crippen molar-refractivity contribution in [3.05, 3.63) is 41.5 Å². The maximum atomic E-state index is 12.3. The first-order chi connectivity index (χ1) is 4.83. The van der Waals surface area contributed by atoms with Crippen LogP contribution in [0.15, 0.2) is 24.3 Å². The van der Waals surface area contributed by atoms with Crippen molar-refractivity contribution in [2.45, 2.75) is 6.42 Å². The fraction of sp³-hybridized carbons (Fsp3) is 0.125. The summed E-state index contributed by atoms with van der Waals surface area (Å²) in [7, 11) is 0. The fourth-order valence-corrected chi connectivity index (χ4v) is 0.888. The summed E-state index contributed by atoms with van der Waals surface area (Å²) in [4.78, 5) is 0. The van der Waals surface area contributed by atoms with Gasteiger partial charge in [-0.05, 0) is 24.1 Å². The van der Waals surface area contributed by atoms with Crippen LogP contribution in [0.1, 0.15) is 5.56 Å². The van der Waals surface area contributed by atoms with Crippen molar-refractivity contribution in [2.75, 3.05) is 0 Å². The van der Waals surface area contributed by atoms with E-state index in [0.717, 1.165) is 5.56 Å². The van der Waals surface area contributed by atoms with Crippen molar-refractivity contribution in [2.24, 2.45) is 0 Å². The Morgan fingerprint density at radius 3 is 2.40 bits per heavy atom. The lowest BCUT2D eigenvalue weighted by Crippen LogP contribution is -1.81. The highest BCUT2D eigenvalue weighted by Crippen LogP contribution is 2.05. The van der Waals surface area contributed by atoms with E-state index in [1.807, 2.05) is 0 Å². The van der Waals surface area contributed by atoms with Crippen molar-refractivity contribution in [3.8, 4) is 0 Å². The molecule has 0 fully saturated rings. The van der Waals surface area contributed by atoms with E-state index in [9.17, 15) is 4.39 Å². The SMILES string of the molecule is Fc1ccc(C[CH]Cl)cc1. The summed E-state index contributed by atoms with van der Waals surface area (Å²) in [5.74, 6) is 1.31. The molecule has 0 bridgehead atoms. The van der Waals surface area contributed by atoms with Gasteiger partial charge in [0, 0.05) is 0 Å². The molecule has 0 N–H and O–H groups in total. The van der Waals surface area contributed by atoms with Crippen molar-refractivity contribution in [3.63, 3.8) is 0 Å². The predicted molar refractivity (Wildman–Crippen MR) is 40.3 cm³/mol. The van der Waals surface area contributed by atoms with E-state index < -0.39 is 0 Å². The molecule has 0 nitrogen and oxygen atoms in total. The third kappa shape index (κ3) is 1.99. The minimum Gasteiger partial charge on any atom is -0.207 e. The summed E-state index contributed by atoms with van der Waals surface area (Å²) in [6, 6.07) is 6.29.